The summed E-state index contributed by atoms with van der Waals surface area (Å²) in [7, 11) is -7.92. The number of benzene rings is 2. The average Bonchev–Trinajstić information content (AvgIpc) is 4.09. The highest BCUT2D eigenvalue weighted by Crippen LogP contribution is 2.72. The number of aliphatic hydroxyl groups excluding tert-OH is 1. The van der Waals surface area contributed by atoms with Crippen LogP contribution in [0.25, 0.3) is 10.8 Å². The molecule has 7 rings (SSSR count). The minimum Gasteiger partial charge on any atom is -0.393 e. The van der Waals surface area contributed by atoms with Gasteiger partial charge in [0.05, 0.1) is 50.9 Å². The lowest BCUT2D eigenvalue weighted by atomic mass is 9.43. The Morgan fingerprint density at radius 2 is 1.57 bits per heavy atom. The Labute approximate surface area is 458 Å². The van der Waals surface area contributed by atoms with Crippen molar-refractivity contribution in [1.82, 2.24) is 20.3 Å². The molecule has 10 atom stereocenters. The van der Waals surface area contributed by atoms with Crippen LogP contribution in [0.4, 0.5) is 5.69 Å². The van der Waals surface area contributed by atoms with Gasteiger partial charge in [0.25, 0.3) is 10.1 Å². The zero-order chi connectivity index (χ0) is 54.9. The van der Waals surface area contributed by atoms with Gasteiger partial charge in [-0.05, 0) is 169 Å². The lowest BCUT2D eigenvalue weighted by molar-refractivity contribution is -0.169. The number of aromatic nitrogens is 3. The Kier molecular flexibility index (Phi) is 21.5. The number of amides is 1. The fourth-order valence-corrected chi connectivity index (χ4v) is 21.4. The van der Waals surface area contributed by atoms with E-state index in [2.05, 4.69) is 47.9 Å². The minimum atomic E-state index is -3.95. The van der Waals surface area contributed by atoms with Gasteiger partial charge in [0, 0.05) is 61.9 Å². The van der Waals surface area contributed by atoms with Crippen molar-refractivity contribution in [3.63, 3.8) is 0 Å². The van der Waals surface area contributed by atoms with E-state index in [-0.39, 0.29) is 79.2 Å². The molecule has 1 unspecified atom stereocenters. The maximum Gasteiger partial charge on any atom is 0.346 e. The van der Waals surface area contributed by atoms with E-state index < -0.39 is 30.7 Å². The van der Waals surface area contributed by atoms with Crippen LogP contribution in [0, 0.1) is 46.3 Å². The normalized spacial score (nSPS) is 27.4. The van der Waals surface area contributed by atoms with Crippen molar-refractivity contribution in [2.45, 2.75) is 161 Å². The Morgan fingerprint density at radius 3 is 2.25 bits per heavy atom. The second kappa shape index (κ2) is 26.8. The third kappa shape index (κ3) is 13.6. The van der Waals surface area contributed by atoms with Gasteiger partial charge in [-0.25, -0.2) is 4.68 Å². The maximum atomic E-state index is 14.2. The summed E-state index contributed by atoms with van der Waals surface area (Å²) in [5.41, 5.74) is 1.71. The van der Waals surface area contributed by atoms with Gasteiger partial charge in [-0.2, -0.15) is 8.42 Å². The Bertz CT molecular complexity index is 2590. The number of allylic oxidation sites excluding steroid dienone is 1. The summed E-state index contributed by atoms with van der Waals surface area (Å²) in [6, 6.07) is 11.0. The molecule has 0 radical (unpaired) electrons. The summed E-state index contributed by atoms with van der Waals surface area (Å²) < 4.78 is 84.9. The summed E-state index contributed by atoms with van der Waals surface area (Å²) in [5.74, 6) is 3.32. The molecule has 2 N–H and O–H groups in total. The van der Waals surface area contributed by atoms with Gasteiger partial charge in [-0.15, -0.1) is 16.9 Å². The number of nitrogens with zero attached hydrogens (tertiary/aromatic N) is 4. The van der Waals surface area contributed by atoms with Gasteiger partial charge >= 0.3 is 15.2 Å². The van der Waals surface area contributed by atoms with Crippen molar-refractivity contribution in [2.24, 2.45) is 46.3 Å². The Balaban J connectivity index is 0.831. The first kappa shape index (κ1) is 61.0. The molecule has 4 aliphatic rings. The van der Waals surface area contributed by atoms with E-state index in [0.29, 0.717) is 60.1 Å². The predicted molar refractivity (Wildman–Crippen MR) is 303 cm³/mol. The highest BCUT2D eigenvalue weighted by Gasteiger charge is 2.63. The number of hydrogen-bond donors (Lipinski definition) is 2. The molecule has 0 spiro atoms. The third-order valence-corrected chi connectivity index (χ3v) is 26.1. The third-order valence-electron chi connectivity index (χ3n) is 17.9. The van der Waals surface area contributed by atoms with Crippen molar-refractivity contribution in [2.75, 3.05) is 64.3 Å². The molecule has 1 heterocycles. The largest absolute Gasteiger partial charge is 0.393 e. The van der Waals surface area contributed by atoms with Crippen LogP contribution in [0.2, 0.25) is 0 Å². The molecule has 2 aromatic carbocycles. The molecule has 426 valence electrons. The summed E-state index contributed by atoms with van der Waals surface area (Å²) >= 11 is 1.66. The number of carbonyl (C=O) groups is 1. The van der Waals surface area contributed by atoms with Gasteiger partial charge in [0.2, 0.25) is 5.91 Å². The summed E-state index contributed by atoms with van der Waals surface area (Å²) in [4.78, 5) is 15.2. The molecule has 4 fully saturated rings. The highest BCUT2D eigenvalue weighted by molar-refractivity contribution is 8.02. The molecular formula is C56H89N5O11P2S2. The number of anilines is 1. The standard InChI is InChI=1S/C56H89N5O11P2S2/c1-10-68-73(64,69-11-2)53(74(65,70-12-3)71-13-4)38-42-39-61(59-58-42)43-28-30-55(6)41(36-43)37-50(62)54-47-26-25-46(56(47,7)31-29-48(54)55)40(5)24-27-52(63)57-32-35-75-34-17-15-14-16-33-72-76(66,67)51-23-19-20-44-45(51)21-18-22-49(44)60(8)9/h17-23,34,39-41,43,46-48,50,53-54,62H,10-16,24-33,35-38H2,1-9H3,(H,57,63)/b34-17+/t40-,41?,43-,46-,47+,48+,50-,54+,55+,56-/m1/s1. The fourth-order valence-electron chi connectivity index (χ4n) is 14.3. The van der Waals surface area contributed by atoms with Crippen molar-refractivity contribution >= 4 is 59.4 Å². The number of carbonyl (C=O) groups excluding carboxylic acids is 1. The molecule has 0 saturated heterocycles. The molecule has 76 heavy (non-hydrogen) atoms. The number of nitrogens with one attached hydrogen (secondary N) is 1. The van der Waals surface area contributed by atoms with Gasteiger partial charge in [0.1, 0.15) is 4.90 Å². The number of aliphatic hydroxyl groups is 1. The summed E-state index contributed by atoms with van der Waals surface area (Å²) in [6.45, 7) is 15.3. The summed E-state index contributed by atoms with van der Waals surface area (Å²) in [6.07, 6.45) is 15.4. The number of thioether (sulfide) groups is 1. The molecule has 20 heteroatoms. The number of unbranched alkanes of at least 4 members (excludes halogenated alkanes) is 2. The van der Waals surface area contributed by atoms with Crippen LogP contribution >= 0.6 is 27.0 Å². The summed E-state index contributed by atoms with van der Waals surface area (Å²) in [5, 5.41) is 26.8. The molecular weight excluding hydrogens is 1040 g/mol. The highest BCUT2D eigenvalue weighted by atomic mass is 32.2. The lowest BCUT2D eigenvalue weighted by Gasteiger charge is -2.62. The monoisotopic (exact) mass is 1130 g/mol. The van der Waals surface area contributed by atoms with Crippen molar-refractivity contribution in [3.8, 4) is 0 Å². The van der Waals surface area contributed by atoms with Crippen molar-refractivity contribution in [3.05, 3.63) is 59.8 Å². The molecule has 0 aliphatic heterocycles. The molecule has 16 nitrogen and oxygen atoms in total. The van der Waals surface area contributed by atoms with Crippen LogP contribution < -0.4 is 10.2 Å². The van der Waals surface area contributed by atoms with E-state index in [9.17, 15) is 27.4 Å². The predicted octanol–water partition coefficient (Wildman–Crippen LogP) is 12.4. The quantitative estimate of drug-likeness (QED) is 0.0378. The topological polar surface area (TPSA) is 198 Å². The van der Waals surface area contributed by atoms with E-state index in [1.807, 2.05) is 54.1 Å². The van der Waals surface area contributed by atoms with E-state index in [4.69, 9.17) is 22.3 Å². The van der Waals surface area contributed by atoms with Gasteiger partial charge in [0.15, 0.2) is 5.40 Å². The van der Waals surface area contributed by atoms with Crippen LogP contribution in [-0.4, -0.2) is 105 Å². The zero-order valence-electron chi connectivity index (χ0n) is 46.8. The molecule has 3 aromatic rings. The van der Waals surface area contributed by atoms with Crippen LogP contribution in [0.3, 0.4) is 0 Å². The average molecular weight is 1130 g/mol. The SMILES string of the molecule is CCOP(=O)(OCC)C(Cc1cn([C@@H]2CC[C@@]3(C)C(C2)C[C@@H](O)[C@H]2[C@@H]4CC[C@H]([C@H](C)CCC(=O)NCCS/C=C/CCCCOS(=O)(=O)c5cccc6c(N(C)C)cccc56)[C@@]4(C)CC[C@@H]23)nn1)P(=O)(OCC)OCC. The maximum absolute atomic E-state index is 14.2. The van der Waals surface area contributed by atoms with Crippen LogP contribution in [-0.2, 0) is 52.7 Å². The van der Waals surface area contributed by atoms with Gasteiger partial charge < -0.3 is 33.4 Å². The first-order valence-electron chi connectivity index (χ1n) is 28.3. The smallest absolute Gasteiger partial charge is 0.346 e. The molecule has 4 aliphatic carbocycles. The molecule has 4 saturated carbocycles. The number of fused-ring (bicyclic) bond motifs is 6. The molecule has 1 aromatic heterocycles. The Morgan fingerprint density at radius 1 is 0.908 bits per heavy atom. The second-order valence-electron chi connectivity index (χ2n) is 22.5. The molecule has 1 amide bonds. The van der Waals surface area contributed by atoms with E-state index in [0.717, 1.165) is 87.5 Å². The Hall–Kier alpha value is -2.63. The lowest BCUT2D eigenvalue weighted by Crippen LogP contribution is -2.58. The second-order valence-corrected chi connectivity index (χ2v) is 29.9. The van der Waals surface area contributed by atoms with E-state index >= 15 is 0 Å². The molecule has 0 bridgehead atoms. The van der Waals surface area contributed by atoms with Crippen LogP contribution in [0.15, 0.2) is 59.0 Å². The minimum absolute atomic E-state index is 0.00983. The fraction of sp³-hybridized carbons (Fsp3) is 0.732. The first-order chi connectivity index (χ1) is 36.3. The first-order valence-corrected chi connectivity index (χ1v) is 33.9. The van der Waals surface area contributed by atoms with E-state index in [1.165, 1.54) is 0 Å². The van der Waals surface area contributed by atoms with Crippen LogP contribution in [0.5, 0.6) is 0 Å². The zero-order valence-corrected chi connectivity index (χ0v) is 50.2. The van der Waals surface area contributed by atoms with Gasteiger partial charge in [-0.3, -0.25) is 18.1 Å². The number of hydrogen-bond acceptors (Lipinski definition) is 15. The van der Waals surface area contributed by atoms with E-state index in [1.54, 1.807) is 51.6 Å². The van der Waals surface area contributed by atoms with Crippen molar-refractivity contribution < 1.29 is 49.7 Å². The van der Waals surface area contributed by atoms with Crippen LogP contribution in [0.1, 0.15) is 144 Å². The number of rotatable bonds is 29. The van der Waals surface area contributed by atoms with Gasteiger partial charge in [-0.1, -0.05) is 56.3 Å². The van der Waals surface area contributed by atoms with Crippen molar-refractivity contribution in [1.29, 1.82) is 0 Å².